The third kappa shape index (κ3) is 1.46. The quantitative estimate of drug-likeness (QED) is 0.615. The van der Waals surface area contributed by atoms with Crippen molar-refractivity contribution >= 4 is 11.6 Å². The molecular weight excluding hydrogens is 179 g/mol. The molecule has 0 aliphatic rings. The van der Waals surface area contributed by atoms with Crippen LogP contribution in [0.25, 0.3) is 0 Å². The molecule has 0 aliphatic heterocycles. The number of halogens is 2. The molecule has 68 valence electrons. The van der Waals surface area contributed by atoms with E-state index in [9.17, 15) is 4.39 Å². The van der Waals surface area contributed by atoms with Crippen LogP contribution in [-0.2, 0) is 5.54 Å². The highest BCUT2D eigenvalue weighted by atomic mass is 35.5. The second kappa shape index (κ2) is 2.73. The van der Waals surface area contributed by atoms with Gasteiger partial charge in [0.1, 0.15) is 0 Å². The average molecular weight is 191 g/mol. The minimum absolute atomic E-state index is 0.238. The number of hydrogen-bond donors (Lipinski definition) is 0. The Bertz CT molecular complexity index is 299. The Balaban J connectivity index is 3.28. The van der Waals surface area contributed by atoms with E-state index in [0.29, 0.717) is 5.56 Å². The van der Waals surface area contributed by atoms with E-state index >= 15 is 0 Å². The van der Waals surface area contributed by atoms with Crippen LogP contribution in [0.4, 0.5) is 4.39 Å². The Morgan fingerprint density at radius 1 is 1.42 bits per heavy atom. The first-order valence-electron chi connectivity index (χ1n) is 3.75. The second-order valence-electron chi connectivity index (χ2n) is 3.79. The fraction of sp³-hybridized carbons (Fsp3) is 0.625. The van der Waals surface area contributed by atoms with Gasteiger partial charge in [-0.05, 0) is 27.7 Å². The number of hydrogen-bond acceptors (Lipinski definition) is 1. The zero-order chi connectivity index (χ0) is 9.52. The van der Waals surface area contributed by atoms with Gasteiger partial charge in [-0.3, -0.25) is 0 Å². The molecule has 0 saturated heterocycles. The molecule has 2 nitrogen and oxygen atoms in total. The first-order valence-corrected chi connectivity index (χ1v) is 4.13. The van der Waals surface area contributed by atoms with Crippen molar-refractivity contribution in [1.82, 2.24) is 9.78 Å². The van der Waals surface area contributed by atoms with Gasteiger partial charge in [0, 0.05) is 5.56 Å². The van der Waals surface area contributed by atoms with Gasteiger partial charge in [-0.15, -0.1) is 0 Å². The fourth-order valence-corrected chi connectivity index (χ4v) is 1.05. The molecule has 0 aliphatic carbocycles. The van der Waals surface area contributed by atoms with Crippen molar-refractivity contribution in [3.8, 4) is 0 Å². The summed E-state index contributed by atoms with van der Waals surface area (Å²) in [7, 11) is 0. The smallest absolute Gasteiger partial charge is 0.216 e. The summed E-state index contributed by atoms with van der Waals surface area (Å²) >= 11 is 5.67. The van der Waals surface area contributed by atoms with Gasteiger partial charge in [0.15, 0.2) is 5.15 Å². The number of rotatable bonds is 0. The van der Waals surface area contributed by atoms with Crippen molar-refractivity contribution in [3.05, 3.63) is 16.7 Å². The van der Waals surface area contributed by atoms with Crippen LogP contribution in [0, 0.1) is 12.9 Å². The molecule has 0 atom stereocenters. The Kier molecular flexibility index (Phi) is 2.17. The topological polar surface area (TPSA) is 17.8 Å². The Morgan fingerprint density at radius 2 is 1.92 bits per heavy atom. The van der Waals surface area contributed by atoms with Gasteiger partial charge in [-0.25, -0.2) is 4.68 Å². The molecule has 0 bridgehead atoms. The predicted molar refractivity (Wildman–Crippen MR) is 46.9 cm³/mol. The molecule has 1 rings (SSSR count). The predicted octanol–water partition coefficient (Wildman–Crippen LogP) is 2.74. The van der Waals surface area contributed by atoms with Crippen LogP contribution in [0.3, 0.4) is 0 Å². The summed E-state index contributed by atoms with van der Waals surface area (Å²) < 4.78 is 14.6. The standard InChI is InChI=1S/C8H12ClFN2/c1-5-6(9)11-12(7(5)10)8(2,3)4/h1-4H3. The lowest BCUT2D eigenvalue weighted by Gasteiger charge is -2.19. The fourth-order valence-electron chi connectivity index (χ4n) is 0.895. The van der Waals surface area contributed by atoms with E-state index in [0.717, 1.165) is 0 Å². The monoisotopic (exact) mass is 190 g/mol. The van der Waals surface area contributed by atoms with Gasteiger partial charge in [-0.1, -0.05) is 11.6 Å². The van der Waals surface area contributed by atoms with Crippen molar-refractivity contribution in [3.63, 3.8) is 0 Å². The van der Waals surface area contributed by atoms with E-state index < -0.39 is 0 Å². The van der Waals surface area contributed by atoms with E-state index in [1.54, 1.807) is 6.92 Å². The molecule has 4 heteroatoms. The molecule has 0 N–H and O–H groups in total. The van der Waals surface area contributed by atoms with Crippen LogP contribution >= 0.6 is 11.6 Å². The first kappa shape index (κ1) is 9.52. The van der Waals surface area contributed by atoms with Crippen LogP contribution in [0.1, 0.15) is 26.3 Å². The molecule has 0 saturated carbocycles. The van der Waals surface area contributed by atoms with Crippen molar-refractivity contribution in [2.24, 2.45) is 0 Å². The molecule has 0 amide bonds. The third-order valence-corrected chi connectivity index (χ3v) is 1.99. The maximum absolute atomic E-state index is 13.3. The Hall–Kier alpha value is -0.570. The molecular formula is C8H12ClFN2. The number of nitrogens with zero attached hydrogens (tertiary/aromatic N) is 2. The molecule has 0 spiro atoms. The van der Waals surface area contributed by atoms with E-state index in [2.05, 4.69) is 5.10 Å². The van der Waals surface area contributed by atoms with E-state index in [4.69, 9.17) is 11.6 Å². The number of aromatic nitrogens is 2. The highest BCUT2D eigenvalue weighted by Gasteiger charge is 2.21. The maximum atomic E-state index is 13.3. The van der Waals surface area contributed by atoms with Crippen LogP contribution in [0.5, 0.6) is 0 Å². The molecule has 0 radical (unpaired) electrons. The second-order valence-corrected chi connectivity index (χ2v) is 4.15. The van der Waals surface area contributed by atoms with Crippen LogP contribution in [0.2, 0.25) is 5.15 Å². The summed E-state index contributed by atoms with van der Waals surface area (Å²) in [5.41, 5.74) is 0.0497. The van der Waals surface area contributed by atoms with Crippen molar-refractivity contribution in [1.29, 1.82) is 0 Å². The minimum atomic E-state index is -0.359. The zero-order valence-electron chi connectivity index (χ0n) is 7.65. The third-order valence-electron chi connectivity index (χ3n) is 1.63. The highest BCUT2D eigenvalue weighted by molar-refractivity contribution is 6.30. The average Bonchev–Trinajstić information content (AvgIpc) is 2.15. The van der Waals surface area contributed by atoms with Crippen molar-refractivity contribution in [2.45, 2.75) is 33.2 Å². The summed E-state index contributed by atoms with van der Waals surface area (Å²) in [6.45, 7) is 7.24. The molecule has 0 unspecified atom stereocenters. The summed E-state index contributed by atoms with van der Waals surface area (Å²) in [5, 5.41) is 4.13. The summed E-state index contributed by atoms with van der Waals surface area (Å²) in [6, 6.07) is 0. The van der Waals surface area contributed by atoms with Crippen molar-refractivity contribution < 1.29 is 4.39 Å². The van der Waals surface area contributed by atoms with Gasteiger partial charge in [0.05, 0.1) is 5.54 Å². The molecule has 0 aromatic carbocycles. The van der Waals surface area contributed by atoms with E-state index in [-0.39, 0.29) is 16.6 Å². The minimum Gasteiger partial charge on any atom is -0.232 e. The van der Waals surface area contributed by atoms with Gasteiger partial charge < -0.3 is 0 Å². The Morgan fingerprint density at radius 3 is 2.08 bits per heavy atom. The van der Waals surface area contributed by atoms with Gasteiger partial charge in [0.25, 0.3) is 0 Å². The van der Waals surface area contributed by atoms with Gasteiger partial charge >= 0.3 is 0 Å². The molecule has 1 aromatic heterocycles. The molecule has 12 heavy (non-hydrogen) atoms. The lowest BCUT2D eigenvalue weighted by Crippen LogP contribution is -2.24. The molecule has 1 aromatic rings. The highest BCUT2D eigenvalue weighted by Crippen LogP contribution is 2.22. The maximum Gasteiger partial charge on any atom is 0.216 e. The zero-order valence-corrected chi connectivity index (χ0v) is 8.41. The lowest BCUT2D eigenvalue weighted by atomic mass is 10.1. The van der Waals surface area contributed by atoms with Gasteiger partial charge in [-0.2, -0.15) is 9.49 Å². The summed E-state index contributed by atoms with van der Waals surface area (Å²) in [6.07, 6.45) is 0. The summed E-state index contributed by atoms with van der Waals surface area (Å²) in [4.78, 5) is 0. The largest absolute Gasteiger partial charge is 0.232 e. The molecule has 1 heterocycles. The van der Waals surface area contributed by atoms with Crippen LogP contribution < -0.4 is 0 Å². The summed E-state index contributed by atoms with van der Waals surface area (Å²) in [5.74, 6) is -0.354. The first-order chi connectivity index (χ1) is 5.34. The van der Waals surface area contributed by atoms with Crippen molar-refractivity contribution in [2.75, 3.05) is 0 Å². The SMILES string of the molecule is Cc1c(Cl)nn(C(C)(C)C)c1F. The normalized spacial score (nSPS) is 12.2. The van der Waals surface area contributed by atoms with Gasteiger partial charge in [0.2, 0.25) is 5.95 Å². The van der Waals surface area contributed by atoms with Crippen LogP contribution in [0.15, 0.2) is 0 Å². The van der Waals surface area contributed by atoms with E-state index in [1.807, 2.05) is 20.8 Å². The van der Waals surface area contributed by atoms with Crippen LogP contribution in [-0.4, -0.2) is 9.78 Å². The molecule has 0 fully saturated rings. The van der Waals surface area contributed by atoms with E-state index in [1.165, 1.54) is 4.68 Å². The Labute approximate surface area is 76.3 Å². The lowest BCUT2D eigenvalue weighted by molar-refractivity contribution is 0.298.